The first-order valence-electron chi connectivity index (χ1n) is 6.57. The molecule has 0 amide bonds. The number of aryl methyl sites for hydroxylation is 2. The van der Waals surface area contributed by atoms with Crippen LogP contribution in [0.1, 0.15) is 41.5 Å². The Labute approximate surface area is 112 Å². The predicted molar refractivity (Wildman–Crippen MR) is 74.9 cm³/mol. The summed E-state index contributed by atoms with van der Waals surface area (Å²) in [5.41, 5.74) is 13.5. The molecule has 0 aromatic carbocycles. The summed E-state index contributed by atoms with van der Waals surface area (Å²) < 4.78 is 2.44. The Kier molecular flexibility index (Phi) is 3.22. The molecule has 3 rings (SSSR count). The van der Waals surface area contributed by atoms with Crippen LogP contribution in [0.3, 0.4) is 0 Å². The second-order valence-corrected chi connectivity index (χ2v) is 5.79. The van der Waals surface area contributed by atoms with Crippen molar-refractivity contribution in [3.05, 3.63) is 39.6 Å². The molecule has 18 heavy (non-hydrogen) atoms. The SMILES string of the molecule is Cc1cc2c(n1CCc1cscn1)CCCC2N. The van der Waals surface area contributed by atoms with Gasteiger partial charge in [-0.05, 0) is 37.8 Å². The van der Waals surface area contributed by atoms with Crippen molar-refractivity contribution in [3.8, 4) is 0 Å². The van der Waals surface area contributed by atoms with Crippen LogP contribution in [0.5, 0.6) is 0 Å². The van der Waals surface area contributed by atoms with Crippen molar-refractivity contribution in [2.24, 2.45) is 5.73 Å². The third kappa shape index (κ3) is 2.10. The van der Waals surface area contributed by atoms with E-state index in [1.165, 1.54) is 35.5 Å². The number of thiazole rings is 1. The average molecular weight is 261 g/mol. The van der Waals surface area contributed by atoms with Crippen molar-refractivity contribution in [1.29, 1.82) is 0 Å². The summed E-state index contributed by atoms with van der Waals surface area (Å²) in [7, 11) is 0. The fourth-order valence-electron chi connectivity index (χ4n) is 2.90. The zero-order valence-electron chi connectivity index (χ0n) is 10.7. The highest BCUT2D eigenvalue weighted by Gasteiger charge is 2.21. The lowest BCUT2D eigenvalue weighted by Gasteiger charge is -2.21. The van der Waals surface area contributed by atoms with Gasteiger partial charge in [0.05, 0.1) is 11.2 Å². The van der Waals surface area contributed by atoms with Crippen molar-refractivity contribution < 1.29 is 0 Å². The molecule has 1 aliphatic rings. The molecular weight excluding hydrogens is 242 g/mol. The molecule has 0 saturated carbocycles. The Bertz CT molecular complexity index is 527. The molecule has 2 heterocycles. The highest BCUT2D eigenvalue weighted by molar-refractivity contribution is 7.07. The summed E-state index contributed by atoms with van der Waals surface area (Å²) in [6.45, 7) is 3.21. The predicted octanol–water partition coefficient (Wildman–Crippen LogP) is 2.83. The zero-order valence-corrected chi connectivity index (χ0v) is 11.5. The van der Waals surface area contributed by atoms with E-state index < -0.39 is 0 Å². The van der Waals surface area contributed by atoms with Crippen molar-refractivity contribution in [3.63, 3.8) is 0 Å². The summed E-state index contributed by atoms with van der Waals surface area (Å²) in [4.78, 5) is 4.35. The Balaban J connectivity index is 1.83. The lowest BCUT2D eigenvalue weighted by Crippen LogP contribution is -2.18. The molecule has 0 radical (unpaired) electrons. The van der Waals surface area contributed by atoms with E-state index in [4.69, 9.17) is 5.73 Å². The molecule has 0 aliphatic heterocycles. The van der Waals surface area contributed by atoms with Gasteiger partial charge in [-0.25, -0.2) is 4.98 Å². The third-order valence-electron chi connectivity index (χ3n) is 3.85. The minimum absolute atomic E-state index is 0.243. The molecule has 0 fully saturated rings. The van der Waals surface area contributed by atoms with Gasteiger partial charge in [-0.2, -0.15) is 0 Å². The van der Waals surface area contributed by atoms with Crippen LogP contribution in [-0.2, 0) is 19.4 Å². The maximum Gasteiger partial charge on any atom is 0.0794 e. The van der Waals surface area contributed by atoms with E-state index in [1.807, 2.05) is 5.51 Å². The van der Waals surface area contributed by atoms with Crippen LogP contribution < -0.4 is 5.73 Å². The summed E-state index contributed by atoms with van der Waals surface area (Å²) in [6.07, 6.45) is 4.53. The zero-order chi connectivity index (χ0) is 12.5. The highest BCUT2D eigenvalue weighted by Crippen LogP contribution is 2.30. The van der Waals surface area contributed by atoms with E-state index >= 15 is 0 Å². The van der Waals surface area contributed by atoms with Crippen molar-refractivity contribution in [2.45, 2.75) is 45.2 Å². The topological polar surface area (TPSA) is 43.8 Å². The van der Waals surface area contributed by atoms with Gasteiger partial charge in [-0.15, -0.1) is 11.3 Å². The highest BCUT2D eigenvalue weighted by atomic mass is 32.1. The fraction of sp³-hybridized carbons (Fsp3) is 0.500. The average Bonchev–Trinajstić information content (AvgIpc) is 2.95. The van der Waals surface area contributed by atoms with Crippen molar-refractivity contribution in [2.75, 3.05) is 0 Å². The Morgan fingerprint density at radius 3 is 3.22 bits per heavy atom. The molecule has 0 saturated heterocycles. The van der Waals surface area contributed by atoms with E-state index in [1.54, 1.807) is 11.3 Å². The lowest BCUT2D eigenvalue weighted by atomic mass is 9.93. The molecule has 3 nitrogen and oxygen atoms in total. The summed E-state index contributed by atoms with van der Waals surface area (Å²) in [5, 5.41) is 2.14. The van der Waals surface area contributed by atoms with Crippen LogP contribution in [0.25, 0.3) is 0 Å². The second kappa shape index (κ2) is 4.86. The minimum atomic E-state index is 0.243. The Morgan fingerprint density at radius 2 is 2.44 bits per heavy atom. The first kappa shape index (κ1) is 11.9. The van der Waals surface area contributed by atoms with Crippen LogP contribution in [0.2, 0.25) is 0 Å². The number of nitrogens with two attached hydrogens (primary N) is 1. The van der Waals surface area contributed by atoms with Crippen molar-refractivity contribution >= 4 is 11.3 Å². The van der Waals surface area contributed by atoms with Gasteiger partial charge in [-0.1, -0.05) is 0 Å². The van der Waals surface area contributed by atoms with E-state index in [2.05, 4.69) is 27.9 Å². The van der Waals surface area contributed by atoms with Crippen LogP contribution in [0, 0.1) is 6.92 Å². The molecule has 2 aromatic heterocycles. The molecule has 2 aromatic rings. The first-order valence-corrected chi connectivity index (χ1v) is 7.51. The van der Waals surface area contributed by atoms with Crippen molar-refractivity contribution in [1.82, 2.24) is 9.55 Å². The number of hydrogen-bond acceptors (Lipinski definition) is 3. The van der Waals surface area contributed by atoms with Gasteiger partial charge in [0.15, 0.2) is 0 Å². The molecule has 0 spiro atoms. The standard InChI is InChI=1S/C14H19N3S/c1-10-7-12-13(15)3-2-4-14(12)17(10)6-5-11-8-18-9-16-11/h7-9,13H,2-6,15H2,1H3. The molecule has 1 aliphatic carbocycles. The van der Waals surface area contributed by atoms with E-state index in [9.17, 15) is 0 Å². The van der Waals surface area contributed by atoms with Gasteiger partial charge in [0.2, 0.25) is 0 Å². The smallest absolute Gasteiger partial charge is 0.0794 e. The number of aromatic nitrogens is 2. The van der Waals surface area contributed by atoms with Gasteiger partial charge in [0, 0.05) is 35.8 Å². The number of hydrogen-bond donors (Lipinski definition) is 1. The van der Waals surface area contributed by atoms with Gasteiger partial charge in [0.1, 0.15) is 0 Å². The number of rotatable bonds is 3. The maximum atomic E-state index is 6.20. The lowest BCUT2D eigenvalue weighted by molar-refractivity contribution is 0.535. The number of fused-ring (bicyclic) bond motifs is 1. The second-order valence-electron chi connectivity index (χ2n) is 5.07. The molecule has 96 valence electrons. The number of nitrogens with zero attached hydrogens (tertiary/aromatic N) is 2. The van der Waals surface area contributed by atoms with Crippen LogP contribution in [-0.4, -0.2) is 9.55 Å². The van der Waals surface area contributed by atoms with Crippen LogP contribution >= 0.6 is 11.3 Å². The Hall–Kier alpha value is -1.13. The first-order chi connectivity index (χ1) is 8.75. The quantitative estimate of drug-likeness (QED) is 0.923. The summed E-state index contributed by atoms with van der Waals surface area (Å²) in [5.74, 6) is 0. The minimum Gasteiger partial charge on any atom is -0.348 e. The maximum absolute atomic E-state index is 6.20. The molecule has 0 bridgehead atoms. The van der Waals surface area contributed by atoms with Gasteiger partial charge < -0.3 is 10.3 Å². The third-order valence-corrected chi connectivity index (χ3v) is 4.49. The van der Waals surface area contributed by atoms with E-state index in [0.717, 1.165) is 19.4 Å². The molecule has 4 heteroatoms. The van der Waals surface area contributed by atoms with Crippen LogP contribution in [0.4, 0.5) is 0 Å². The molecule has 2 N–H and O–H groups in total. The van der Waals surface area contributed by atoms with Gasteiger partial charge in [0.25, 0.3) is 0 Å². The molecule has 1 unspecified atom stereocenters. The normalized spacial score (nSPS) is 18.9. The molecular formula is C14H19N3S. The largest absolute Gasteiger partial charge is 0.348 e. The fourth-order valence-corrected chi connectivity index (χ4v) is 3.49. The van der Waals surface area contributed by atoms with E-state index in [-0.39, 0.29) is 6.04 Å². The van der Waals surface area contributed by atoms with Crippen LogP contribution in [0.15, 0.2) is 17.0 Å². The summed E-state index contributed by atoms with van der Waals surface area (Å²) >= 11 is 1.67. The monoisotopic (exact) mass is 261 g/mol. The van der Waals surface area contributed by atoms with Gasteiger partial charge in [-0.3, -0.25) is 0 Å². The Morgan fingerprint density at radius 1 is 1.56 bits per heavy atom. The van der Waals surface area contributed by atoms with E-state index in [0.29, 0.717) is 0 Å². The molecule has 1 atom stereocenters. The summed E-state index contributed by atoms with van der Waals surface area (Å²) in [6, 6.07) is 2.52. The van der Waals surface area contributed by atoms with Gasteiger partial charge >= 0.3 is 0 Å².